The van der Waals surface area contributed by atoms with Crippen molar-refractivity contribution in [1.29, 1.82) is 0 Å². The predicted octanol–water partition coefficient (Wildman–Crippen LogP) is -0.230. The summed E-state index contributed by atoms with van der Waals surface area (Å²) in [6, 6.07) is -0.297. The summed E-state index contributed by atoms with van der Waals surface area (Å²) in [5, 5.41) is 8.23. The van der Waals surface area contributed by atoms with Crippen molar-refractivity contribution < 1.29 is 4.52 Å². The average Bonchev–Trinajstić information content (AvgIpc) is 3.10. The van der Waals surface area contributed by atoms with Gasteiger partial charge in [0.1, 0.15) is 6.04 Å². The van der Waals surface area contributed by atoms with E-state index < -0.39 is 6.04 Å². The number of likely N-dealkylation sites (N-methyl/N-ethyl adjacent to an activating group) is 2. The molecule has 0 bridgehead atoms. The standard InChI is InChI=1S/C13H21N7O/c1-18-4-5-19(2)10(8-18)12-16-13(21-17-12)11(14)9-6-15-20(3)7-9/h6-7,10-11H,4-5,8,14H2,1-3H3. The summed E-state index contributed by atoms with van der Waals surface area (Å²) in [5.41, 5.74) is 7.02. The largest absolute Gasteiger partial charge is 0.337 e. The predicted molar refractivity (Wildman–Crippen MR) is 76.4 cm³/mol. The average molecular weight is 291 g/mol. The summed E-state index contributed by atoms with van der Waals surface area (Å²) in [6.45, 7) is 2.92. The molecule has 1 fully saturated rings. The van der Waals surface area contributed by atoms with E-state index >= 15 is 0 Å². The third-order valence-electron chi connectivity index (χ3n) is 3.96. The molecule has 0 amide bonds. The molecule has 2 aromatic heterocycles. The van der Waals surface area contributed by atoms with Gasteiger partial charge in [0.2, 0.25) is 5.89 Å². The van der Waals surface area contributed by atoms with Crippen molar-refractivity contribution in [3.63, 3.8) is 0 Å². The van der Waals surface area contributed by atoms with Gasteiger partial charge in [0.05, 0.1) is 12.2 Å². The lowest BCUT2D eigenvalue weighted by molar-refractivity contribution is 0.108. The van der Waals surface area contributed by atoms with Crippen LogP contribution in [0.2, 0.25) is 0 Å². The number of hydrogen-bond acceptors (Lipinski definition) is 7. The van der Waals surface area contributed by atoms with Crippen LogP contribution in [0.5, 0.6) is 0 Å². The van der Waals surface area contributed by atoms with E-state index in [4.69, 9.17) is 10.3 Å². The molecule has 8 heteroatoms. The topological polar surface area (TPSA) is 89.2 Å². The van der Waals surface area contributed by atoms with Gasteiger partial charge in [0.15, 0.2) is 5.82 Å². The maximum Gasteiger partial charge on any atom is 0.248 e. The SMILES string of the molecule is CN1CCN(C)C(c2noc(C(N)c3cnn(C)c3)n2)C1. The summed E-state index contributed by atoms with van der Waals surface area (Å²) in [7, 11) is 6.03. The molecule has 114 valence electrons. The first kappa shape index (κ1) is 14.2. The maximum atomic E-state index is 6.16. The van der Waals surface area contributed by atoms with E-state index in [0.717, 1.165) is 25.2 Å². The first-order valence-electron chi connectivity index (χ1n) is 7.01. The Hall–Kier alpha value is -1.77. The number of piperazine rings is 1. The van der Waals surface area contributed by atoms with Gasteiger partial charge in [-0.15, -0.1) is 0 Å². The van der Waals surface area contributed by atoms with Gasteiger partial charge in [-0.05, 0) is 14.1 Å². The first-order valence-corrected chi connectivity index (χ1v) is 7.01. The Balaban J connectivity index is 1.79. The Kier molecular flexibility index (Phi) is 3.75. The molecule has 3 rings (SSSR count). The Morgan fingerprint density at radius 1 is 1.33 bits per heavy atom. The van der Waals surface area contributed by atoms with Gasteiger partial charge in [-0.3, -0.25) is 9.58 Å². The van der Waals surface area contributed by atoms with Crippen LogP contribution in [0.1, 0.15) is 29.4 Å². The van der Waals surface area contributed by atoms with Crippen LogP contribution in [-0.2, 0) is 7.05 Å². The van der Waals surface area contributed by atoms with E-state index in [1.54, 1.807) is 10.9 Å². The molecular formula is C13H21N7O. The molecule has 1 aliphatic rings. The zero-order valence-corrected chi connectivity index (χ0v) is 12.6. The van der Waals surface area contributed by atoms with Gasteiger partial charge in [-0.1, -0.05) is 5.16 Å². The summed E-state index contributed by atoms with van der Waals surface area (Å²) in [6.07, 6.45) is 3.57. The van der Waals surface area contributed by atoms with Gasteiger partial charge >= 0.3 is 0 Å². The maximum absolute atomic E-state index is 6.16. The van der Waals surface area contributed by atoms with Gasteiger partial charge in [0, 0.05) is 38.4 Å². The zero-order chi connectivity index (χ0) is 15.0. The fourth-order valence-corrected chi connectivity index (χ4v) is 2.54. The molecule has 2 atom stereocenters. The number of nitrogens with zero attached hydrogens (tertiary/aromatic N) is 6. The molecule has 0 radical (unpaired) electrons. The number of aryl methyl sites for hydroxylation is 1. The summed E-state index contributed by atoms with van der Waals surface area (Å²) in [4.78, 5) is 9.00. The molecule has 2 N–H and O–H groups in total. The quantitative estimate of drug-likeness (QED) is 0.835. The number of aromatic nitrogens is 4. The lowest BCUT2D eigenvalue weighted by Crippen LogP contribution is -2.45. The molecule has 1 saturated heterocycles. The van der Waals surface area contributed by atoms with Crippen molar-refractivity contribution in [3.05, 3.63) is 29.7 Å². The van der Waals surface area contributed by atoms with Crippen molar-refractivity contribution in [2.75, 3.05) is 33.7 Å². The number of nitrogens with two attached hydrogens (primary N) is 1. The van der Waals surface area contributed by atoms with Crippen LogP contribution in [0, 0.1) is 0 Å². The van der Waals surface area contributed by atoms with Crippen molar-refractivity contribution >= 4 is 0 Å². The van der Waals surface area contributed by atoms with E-state index in [0.29, 0.717) is 11.7 Å². The van der Waals surface area contributed by atoms with Crippen LogP contribution < -0.4 is 5.73 Å². The van der Waals surface area contributed by atoms with Gasteiger partial charge in [-0.2, -0.15) is 10.1 Å². The molecule has 3 heterocycles. The fraction of sp³-hybridized carbons (Fsp3) is 0.615. The summed E-state index contributed by atoms with van der Waals surface area (Å²) >= 11 is 0. The van der Waals surface area contributed by atoms with Crippen LogP contribution in [0.15, 0.2) is 16.9 Å². The van der Waals surface area contributed by atoms with E-state index in [1.165, 1.54) is 0 Å². The molecule has 0 saturated carbocycles. The molecule has 2 unspecified atom stereocenters. The van der Waals surface area contributed by atoms with Crippen molar-refractivity contribution in [3.8, 4) is 0 Å². The van der Waals surface area contributed by atoms with E-state index in [1.807, 2.05) is 13.2 Å². The second-order valence-electron chi connectivity index (χ2n) is 5.67. The third-order valence-corrected chi connectivity index (χ3v) is 3.96. The highest BCUT2D eigenvalue weighted by Crippen LogP contribution is 2.23. The third kappa shape index (κ3) is 2.82. The second-order valence-corrected chi connectivity index (χ2v) is 5.67. The highest BCUT2D eigenvalue weighted by atomic mass is 16.5. The van der Waals surface area contributed by atoms with Crippen LogP contribution >= 0.6 is 0 Å². The van der Waals surface area contributed by atoms with Gasteiger partial charge in [0.25, 0.3) is 0 Å². The summed E-state index contributed by atoms with van der Waals surface area (Å²) in [5.74, 6) is 1.12. The molecule has 0 aliphatic carbocycles. The zero-order valence-electron chi connectivity index (χ0n) is 12.6. The molecule has 1 aliphatic heterocycles. The van der Waals surface area contributed by atoms with Crippen molar-refractivity contribution in [1.82, 2.24) is 29.7 Å². The number of hydrogen-bond donors (Lipinski definition) is 1. The van der Waals surface area contributed by atoms with Crippen molar-refractivity contribution in [2.24, 2.45) is 12.8 Å². The van der Waals surface area contributed by atoms with Gasteiger partial charge in [-0.25, -0.2) is 0 Å². The molecule has 8 nitrogen and oxygen atoms in total. The molecule has 2 aromatic rings. The van der Waals surface area contributed by atoms with Gasteiger partial charge < -0.3 is 15.2 Å². The van der Waals surface area contributed by atoms with E-state index in [9.17, 15) is 0 Å². The molecule has 0 spiro atoms. The molecule has 0 aromatic carbocycles. The number of rotatable bonds is 3. The van der Waals surface area contributed by atoms with E-state index in [2.05, 4.69) is 39.1 Å². The fourth-order valence-electron chi connectivity index (χ4n) is 2.54. The minimum atomic E-state index is -0.438. The smallest absolute Gasteiger partial charge is 0.248 e. The Morgan fingerprint density at radius 3 is 2.86 bits per heavy atom. The van der Waals surface area contributed by atoms with Crippen LogP contribution in [-0.4, -0.2) is 63.5 Å². The van der Waals surface area contributed by atoms with E-state index in [-0.39, 0.29) is 6.04 Å². The molecule has 21 heavy (non-hydrogen) atoms. The normalized spacial score (nSPS) is 22.6. The highest BCUT2D eigenvalue weighted by Gasteiger charge is 2.29. The lowest BCUT2D eigenvalue weighted by Gasteiger charge is -2.35. The second kappa shape index (κ2) is 5.55. The van der Waals surface area contributed by atoms with Crippen LogP contribution in [0.25, 0.3) is 0 Å². The Morgan fingerprint density at radius 2 is 2.14 bits per heavy atom. The highest BCUT2D eigenvalue weighted by molar-refractivity contribution is 5.17. The molecular weight excluding hydrogens is 270 g/mol. The Labute approximate surface area is 123 Å². The lowest BCUT2D eigenvalue weighted by atomic mass is 10.1. The monoisotopic (exact) mass is 291 g/mol. The minimum absolute atomic E-state index is 0.141. The minimum Gasteiger partial charge on any atom is -0.337 e. The van der Waals surface area contributed by atoms with Crippen molar-refractivity contribution in [2.45, 2.75) is 12.1 Å². The Bertz CT molecular complexity index is 607. The first-order chi connectivity index (χ1) is 10.0. The van der Waals surface area contributed by atoms with Crippen LogP contribution in [0.4, 0.5) is 0 Å². The summed E-state index contributed by atoms with van der Waals surface area (Å²) < 4.78 is 7.06. The van der Waals surface area contributed by atoms with Crippen LogP contribution in [0.3, 0.4) is 0 Å².